The van der Waals surface area contributed by atoms with E-state index in [9.17, 15) is 4.79 Å². The van der Waals surface area contributed by atoms with Gasteiger partial charge in [0.05, 0.1) is 10.0 Å². The van der Waals surface area contributed by atoms with Gasteiger partial charge in [0, 0.05) is 10.2 Å². The van der Waals surface area contributed by atoms with Crippen LogP contribution >= 0.6 is 39.1 Å². The van der Waals surface area contributed by atoms with Crippen molar-refractivity contribution in [3.8, 4) is 5.75 Å². The van der Waals surface area contributed by atoms with Crippen LogP contribution in [-0.2, 0) is 4.79 Å². The molecule has 0 aliphatic rings. The zero-order valence-electron chi connectivity index (χ0n) is 11.8. The number of para-hydroxylation sites is 1. The first kappa shape index (κ1) is 17.1. The standard InChI is InChI=1S/C16H14BrCl2NO2/c1-2-14(22-15-6-4-3-5-12(15)18)16(21)20-10-7-8-11(17)13(19)9-10/h3-9,14H,2H2,1H3,(H,20,21). The Hall–Kier alpha value is -1.23. The first-order chi connectivity index (χ1) is 10.5. The van der Waals surface area contributed by atoms with Gasteiger partial charge in [-0.1, -0.05) is 42.3 Å². The van der Waals surface area contributed by atoms with Crippen molar-refractivity contribution in [3.05, 3.63) is 57.0 Å². The number of rotatable bonds is 5. The van der Waals surface area contributed by atoms with Crippen LogP contribution in [-0.4, -0.2) is 12.0 Å². The molecular weight excluding hydrogens is 389 g/mol. The summed E-state index contributed by atoms with van der Waals surface area (Å²) in [6, 6.07) is 12.3. The quantitative estimate of drug-likeness (QED) is 0.711. The molecular formula is C16H14BrCl2NO2. The number of ether oxygens (including phenoxy) is 1. The number of halogens is 3. The minimum atomic E-state index is -0.637. The number of amides is 1. The van der Waals surface area contributed by atoms with Crippen molar-refractivity contribution in [2.75, 3.05) is 5.32 Å². The normalized spacial score (nSPS) is 11.8. The Morgan fingerprint density at radius 3 is 2.59 bits per heavy atom. The maximum atomic E-state index is 12.3. The number of hydrogen-bond donors (Lipinski definition) is 1. The highest BCUT2D eigenvalue weighted by Gasteiger charge is 2.19. The van der Waals surface area contributed by atoms with Gasteiger partial charge in [-0.15, -0.1) is 0 Å². The van der Waals surface area contributed by atoms with E-state index < -0.39 is 6.10 Å². The van der Waals surface area contributed by atoms with Gasteiger partial charge >= 0.3 is 0 Å². The van der Waals surface area contributed by atoms with E-state index in [1.165, 1.54) is 0 Å². The highest BCUT2D eigenvalue weighted by molar-refractivity contribution is 9.10. The van der Waals surface area contributed by atoms with Gasteiger partial charge in [0.2, 0.25) is 0 Å². The highest BCUT2D eigenvalue weighted by Crippen LogP contribution is 2.27. The average molecular weight is 403 g/mol. The number of nitrogens with one attached hydrogen (secondary N) is 1. The van der Waals surface area contributed by atoms with Crippen molar-refractivity contribution in [2.24, 2.45) is 0 Å². The van der Waals surface area contributed by atoms with E-state index in [2.05, 4.69) is 21.2 Å². The van der Waals surface area contributed by atoms with Crippen LogP contribution in [0.5, 0.6) is 5.75 Å². The highest BCUT2D eigenvalue weighted by atomic mass is 79.9. The Balaban J connectivity index is 2.08. The predicted molar refractivity (Wildman–Crippen MR) is 93.9 cm³/mol. The summed E-state index contributed by atoms with van der Waals surface area (Å²) in [4.78, 5) is 12.3. The van der Waals surface area contributed by atoms with Gasteiger partial charge in [0.15, 0.2) is 6.10 Å². The summed E-state index contributed by atoms with van der Waals surface area (Å²) in [6.45, 7) is 1.87. The van der Waals surface area contributed by atoms with E-state index in [4.69, 9.17) is 27.9 Å². The summed E-state index contributed by atoms with van der Waals surface area (Å²) in [5.41, 5.74) is 0.611. The maximum Gasteiger partial charge on any atom is 0.265 e. The first-order valence-corrected chi connectivity index (χ1v) is 8.23. The molecule has 0 spiro atoms. The van der Waals surface area contributed by atoms with E-state index in [1.807, 2.05) is 6.92 Å². The molecule has 22 heavy (non-hydrogen) atoms. The largest absolute Gasteiger partial charge is 0.479 e. The van der Waals surface area contributed by atoms with Crippen LogP contribution < -0.4 is 10.1 Å². The van der Waals surface area contributed by atoms with E-state index >= 15 is 0 Å². The van der Waals surface area contributed by atoms with Crippen LogP contribution in [0.3, 0.4) is 0 Å². The van der Waals surface area contributed by atoms with Crippen LogP contribution in [0, 0.1) is 0 Å². The molecule has 116 valence electrons. The monoisotopic (exact) mass is 401 g/mol. The molecule has 0 saturated carbocycles. The fourth-order valence-electron chi connectivity index (χ4n) is 1.81. The predicted octanol–water partition coefficient (Wildman–Crippen LogP) is 5.55. The minimum absolute atomic E-state index is 0.249. The molecule has 0 aliphatic heterocycles. The number of carbonyl (C=O) groups excluding carboxylic acids is 1. The molecule has 1 atom stereocenters. The molecule has 1 unspecified atom stereocenters. The van der Waals surface area contributed by atoms with Gasteiger partial charge in [-0.25, -0.2) is 0 Å². The van der Waals surface area contributed by atoms with Crippen molar-refractivity contribution in [1.82, 2.24) is 0 Å². The Kier molecular flexibility index (Phi) is 6.12. The maximum absolute atomic E-state index is 12.3. The number of anilines is 1. The SMILES string of the molecule is CCC(Oc1ccccc1Cl)C(=O)Nc1ccc(Br)c(Cl)c1. The molecule has 2 aromatic rings. The fourth-order valence-corrected chi connectivity index (χ4v) is 2.42. The van der Waals surface area contributed by atoms with Crippen molar-refractivity contribution in [2.45, 2.75) is 19.4 Å². The summed E-state index contributed by atoms with van der Waals surface area (Å²) in [5.74, 6) is 0.237. The third-order valence-electron chi connectivity index (χ3n) is 2.96. The molecule has 0 radical (unpaired) electrons. The van der Waals surface area contributed by atoms with Crippen molar-refractivity contribution in [1.29, 1.82) is 0 Å². The lowest BCUT2D eigenvalue weighted by Gasteiger charge is -2.18. The number of hydrogen-bond acceptors (Lipinski definition) is 2. The lowest BCUT2D eigenvalue weighted by atomic mass is 10.2. The zero-order valence-corrected chi connectivity index (χ0v) is 14.9. The molecule has 2 rings (SSSR count). The van der Waals surface area contributed by atoms with Gasteiger partial charge < -0.3 is 10.1 Å². The Labute approximate surface area is 147 Å². The number of benzene rings is 2. The second-order valence-electron chi connectivity index (χ2n) is 4.56. The second-order valence-corrected chi connectivity index (χ2v) is 6.23. The molecule has 0 heterocycles. The molecule has 0 bridgehead atoms. The van der Waals surface area contributed by atoms with Crippen molar-refractivity contribution < 1.29 is 9.53 Å². The van der Waals surface area contributed by atoms with Gasteiger partial charge in [-0.2, -0.15) is 0 Å². The van der Waals surface area contributed by atoms with Gasteiger partial charge in [0.25, 0.3) is 5.91 Å². The molecule has 1 amide bonds. The average Bonchev–Trinajstić information content (AvgIpc) is 2.50. The van der Waals surface area contributed by atoms with Crippen molar-refractivity contribution >= 4 is 50.7 Å². The van der Waals surface area contributed by atoms with Gasteiger partial charge in [-0.05, 0) is 52.7 Å². The summed E-state index contributed by atoms with van der Waals surface area (Å²) < 4.78 is 6.47. The van der Waals surface area contributed by atoms with Crippen LogP contribution in [0.2, 0.25) is 10.0 Å². The third-order valence-corrected chi connectivity index (χ3v) is 4.50. The summed E-state index contributed by atoms with van der Waals surface area (Å²) in [7, 11) is 0. The fraction of sp³-hybridized carbons (Fsp3) is 0.188. The molecule has 0 saturated heterocycles. The summed E-state index contributed by atoms with van der Waals surface area (Å²) in [5, 5.41) is 3.79. The van der Waals surface area contributed by atoms with Crippen molar-refractivity contribution in [3.63, 3.8) is 0 Å². The molecule has 0 aliphatic carbocycles. The van der Waals surface area contributed by atoms with E-state index in [0.717, 1.165) is 4.47 Å². The smallest absolute Gasteiger partial charge is 0.265 e. The Bertz CT molecular complexity index is 679. The molecule has 0 aromatic heterocycles. The third kappa shape index (κ3) is 4.38. The van der Waals surface area contributed by atoms with Crippen LogP contribution in [0.4, 0.5) is 5.69 Å². The summed E-state index contributed by atoms with van der Waals surface area (Å²) >= 11 is 15.4. The summed E-state index contributed by atoms with van der Waals surface area (Å²) in [6.07, 6.45) is -0.122. The van der Waals surface area contributed by atoms with E-state index in [-0.39, 0.29) is 5.91 Å². The molecule has 1 N–H and O–H groups in total. The van der Waals surface area contributed by atoms with Crippen LogP contribution in [0.1, 0.15) is 13.3 Å². The Morgan fingerprint density at radius 2 is 1.95 bits per heavy atom. The molecule has 3 nitrogen and oxygen atoms in total. The molecule has 6 heteroatoms. The van der Waals surface area contributed by atoms with Crippen LogP contribution in [0.25, 0.3) is 0 Å². The Morgan fingerprint density at radius 1 is 1.23 bits per heavy atom. The first-order valence-electron chi connectivity index (χ1n) is 6.68. The lowest BCUT2D eigenvalue weighted by molar-refractivity contribution is -0.122. The van der Waals surface area contributed by atoms with Gasteiger partial charge in [0.1, 0.15) is 5.75 Å². The van der Waals surface area contributed by atoms with E-state index in [0.29, 0.717) is 27.9 Å². The molecule has 0 fully saturated rings. The molecule has 2 aromatic carbocycles. The number of carbonyl (C=O) groups is 1. The topological polar surface area (TPSA) is 38.3 Å². The van der Waals surface area contributed by atoms with Crippen LogP contribution in [0.15, 0.2) is 46.9 Å². The zero-order chi connectivity index (χ0) is 16.1. The van der Waals surface area contributed by atoms with E-state index in [1.54, 1.807) is 42.5 Å². The second kappa shape index (κ2) is 7.86. The lowest BCUT2D eigenvalue weighted by Crippen LogP contribution is -2.32. The minimum Gasteiger partial charge on any atom is -0.479 e. The van der Waals surface area contributed by atoms with Gasteiger partial charge in [-0.3, -0.25) is 4.79 Å².